The van der Waals surface area contributed by atoms with Gasteiger partial charge in [-0.15, -0.1) is 0 Å². The number of rotatable bonds is 1. The summed E-state index contributed by atoms with van der Waals surface area (Å²) in [7, 11) is 0. The van der Waals surface area contributed by atoms with Crippen LogP contribution in [0.2, 0.25) is 0 Å². The van der Waals surface area contributed by atoms with Gasteiger partial charge in [0.25, 0.3) is 0 Å². The van der Waals surface area contributed by atoms with Gasteiger partial charge < -0.3 is 4.74 Å². The van der Waals surface area contributed by atoms with E-state index in [0.717, 1.165) is 17.1 Å². The maximum atomic E-state index is 11.9. The second-order valence-electron chi connectivity index (χ2n) is 5.11. The lowest BCUT2D eigenvalue weighted by molar-refractivity contribution is 0.0537. The molecule has 0 fully saturated rings. The van der Waals surface area contributed by atoms with Gasteiger partial charge in [-0.25, -0.2) is 4.79 Å². The highest BCUT2D eigenvalue weighted by atomic mass is 16.6. The van der Waals surface area contributed by atoms with E-state index in [1.807, 2.05) is 26.8 Å². The van der Waals surface area contributed by atoms with Crippen molar-refractivity contribution >= 4 is 23.2 Å². The molecule has 1 aromatic heterocycles. The second kappa shape index (κ2) is 4.29. The Bertz CT molecular complexity index is 605. The molecular formula is C14H15NO3. The van der Waals surface area contributed by atoms with Crippen LogP contribution in [0.3, 0.4) is 0 Å². The number of ether oxygens (including phenoxy) is 1. The Morgan fingerprint density at radius 2 is 2.00 bits per heavy atom. The van der Waals surface area contributed by atoms with Crippen LogP contribution in [0.1, 0.15) is 31.1 Å². The molecule has 94 valence electrons. The van der Waals surface area contributed by atoms with E-state index < -0.39 is 11.7 Å². The van der Waals surface area contributed by atoms with Gasteiger partial charge >= 0.3 is 6.09 Å². The van der Waals surface area contributed by atoms with Crippen LogP contribution in [0, 0.1) is 0 Å². The highest BCUT2D eigenvalue weighted by Gasteiger charge is 2.18. The minimum atomic E-state index is -0.541. The monoisotopic (exact) mass is 245 g/mol. The zero-order valence-corrected chi connectivity index (χ0v) is 10.6. The van der Waals surface area contributed by atoms with Gasteiger partial charge in [0.2, 0.25) is 0 Å². The molecule has 4 heteroatoms. The minimum Gasteiger partial charge on any atom is -0.443 e. The maximum Gasteiger partial charge on any atom is 0.418 e. The van der Waals surface area contributed by atoms with Gasteiger partial charge in [-0.3, -0.25) is 9.36 Å². The Labute approximate surface area is 105 Å². The first-order valence-corrected chi connectivity index (χ1v) is 5.70. The molecule has 0 radical (unpaired) electrons. The van der Waals surface area contributed by atoms with E-state index in [0.29, 0.717) is 5.56 Å². The van der Waals surface area contributed by atoms with Gasteiger partial charge in [-0.05, 0) is 20.8 Å². The summed E-state index contributed by atoms with van der Waals surface area (Å²) in [5.74, 6) is 0. The highest BCUT2D eigenvalue weighted by Crippen LogP contribution is 2.20. The Morgan fingerprint density at radius 1 is 1.28 bits per heavy atom. The van der Waals surface area contributed by atoms with Crippen LogP contribution in [0.25, 0.3) is 10.8 Å². The van der Waals surface area contributed by atoms with E-state index in [4.69, 9.17) is 4.74 Å². The number of carbonyl (C=O) groups excluding carboxylic acids is 2. The standard InChI is InChI=1S/C14H15NO3/c1-14(2,3)18-13(17)15-7-10-5-4-6-11(9-16)12(10)8-15/h4-9H,1-3H3. The number of nitrogens with zero attached hydrogens (tertiary/aromatic N) is 1. The number of carbonyl (C=O) groups is 2. The Balaban J connectivity index is 2.42. The molecule has 0 saturated carbocycles. The number of benzene rings is 1. The quantitative estimate of drug-likeness (QED) is 0.725. The van der Waals surface area contributed by atoms with Crippen LogP contribution < -0.4 is 0 Å². The fraction of sp³-hybridized carbons (Fsp3) is 0.286. The van der Waals surface area contributed by atoms with Crippen LogP contribution in [-0.2, 0) is 4.74 Å². The fourth-order valence-electron chi connectivity index (χ4n) is 1.71. The zero-order valence-electron chi connectivity index (χ0n) is 10.6. The summed E-state index contributed by atoms with van der Waals surface area (Å²) in [4.78, 5) is 22.8. The van der Waals surface area contributed by atoms with Gasteiger partial charge in [0, 0.05) is 28.7 Å². The number of hydrogen-bond donors (Lipinski definition) is 0. The molecule has 1 aromatic carbocycles. The summed E-state index contributed by atoms with van der Waals surface area (Å²) in [5.41, 5.74) is 0.0240. The summed E-state index contributed by atoms with van der Waals surface area (Å²) in [6.45, 7) is 5.43. The molecule has 18 heavy (non-hydrogen) atoms. The van der Waals surface area contributed by atoms with Crippen molar-refractivity contribution in [1.82, 2.24) is 4.57 Å². The molecule has 0 aliphatic carbocycles. The first-order valence-electron chi connectivity index (χ1n) is 5.70. The summed E-state index contributed by atoms with van der Waals surface area (Å²) >= 11 is 0. The van der Waals surface area contributed by atoms with Crippen LogP contribution >= 0.6 is 0 Å². The minimum absolute atomic E-state index is 0.449. The molecule has 0 saturated heterocycles. The highest BCUT2D eigenvalue weighted by molar-refractivity contribution is 5.99. The molecule has 4 nitrogen and oxygen atoms in total. The van der Waals surface area contributed by atoms with Crippen LogP contribution in [-0.4, -0.2) is 22.5 Å². The van der Waals surface area contributed by atoms with E-state index in [9.17, 15) is 9.59 Å². The molecule has 0 spiro atoms. The number of fused-ring (bicyclic) bond motifs is 1. The van der Waals surface area contributed by atoms with Crippen molar-refractivity contribution in [3.05, 3.63) is 36.2 Å². The van der Waals surface area contributed by atoms with Crippen molar-refractivity contribution in [3.63, 3.8) is 0 Å². The van der Waals surface area contributed by atoms with Gasteiger partial charge in [0.1, 0.15) is 5.60 Å². The smallest absolute Gasteiger partial charge is 0.418 e. The molecule has 0 bridgehead atoms. The lowest BCUT2D eigenvalue weighted by atomic mass is 10.1. The predicted molar refractivity (Wildman–Crippen MR) is 69.0 cm³/mol. The number of hydrogen-bond acceptors (Lipinski definition) is 3. The van der Waals surface area contributed by atoms with Gasteiger partial charge in [0.15, 0.2) is 6.29 Å². The Kier molecular flexibility index (Phi) is 2.95. The van der Waals surface area contributed by atoms with E-state index in [1.165, 1.54) is 4.57 Å². The second-order valence-corrected chi connectivity index (χ2v) is 5.11. The summed E-state index contributed by atoms with van der Waals surface area (Å²) in [5, 5.41) is 1.59. The molecule has 0 aliphatic heterocycles. The Morgan fingerprint density at radius 3 is 2.61 bits per heavy atom. The molecule has 0 amide bonds. The van der Waals surface area contributed by atoms with E-state index in [1.54, 1.807) is 24.5 Å². The molecule has 1 heterocycles. The van der Waals surface area contributed by atoms with Crippen molar-refractivity contribution in [2.75, 3.05) is 0 Å². The summed E-state index contributed by atoms with van der Waals surface area (Å²) < 4.78 is 6.63. The van der Waals surface area contributed by atoms with Crippen molar-refractivity contribution in [1.29, 1.82) is 0 Å². The molecule has 0 aliphatic rings. The molecule has 2 aromatic rings. The van der Waals surface area contributed by atoms with E-state index in [-0.39, 0.29) is 0 Å². The van der Waals surface area contributed by atoms with Crippen molar-refractivity contribution in [2.45, 2.75) is 26.4 Å². The molecule has 0 unspecified atom stereocenters. The molecule has 2 rings (SSSR count). The van der Waals surface area contributed by atoms with Crippen molar-refractivity contribution in [2.24, 2.45) is 0 Å². The van der Waals surface area contributed by atoms with Crippen molar-refractivity contribution < 1.29 is 14.3 Å². The maximum absolute atomic E-state index is 11.9. The topological polar surface area (TPSA) is 48.3 Å². The average Bonchev–Trinajstić information content (AvgIpc) is 2.70. The lowest BCUT2D eigenvalue weighted by Gasteiger charge is -2.19. The van der Waals surface area contributed by atoms with E-state index in [2.05, 4.69) is 0 Å². The molecule has 0 N–H and O–H groups in total. The third-order valence-corrected chi connectivity index (χ3v) is 2.45. The third kappa shape index (κ3) is 2.42. The lowest BCUT2D eigenvalue weighted by Crippen LogP contribution is -2.26. The normalized spacial score (nSPS) is 11.5. The Hall–Kier alpha value is -2.10. The number of aromatic nitrogens is 1. The van der Waals surface area contributed by atoms with Crippen LogP contribution in [0.15, 0.2) is 30.6 Å². The first kappa shape index (κ1) is 12.4. The fourth-order valence-corrected chi connectivity index (χ4v) is 1.71. The van der Waals surface area contributed by atoms with Crippen LogP contribution in [0.4, 0.5) is 4.79 Å². The first-order chi connectivity index (χ1) is 8.40. The average molecular weight is 245 g/mol. The SMILES string of the molecule is CC(C)(C)OC(=O)n1cc2cccc(C=O)c2c1. The van der Waals surface area contributed by atoms with Crippen LogP contribution in [0.5, 0.6) is 0 Å². The third-order valence-electron chi connectivity index (χ3n) is 2.45. The zero-order chi connectivity index (χ0) is 13.3. The summed E-state index contributed by atoms with van der Waals surface area (Å²) in [6, 6.07) is 5.35. The largest absolute Gasteiger partial charge is 0.443 e. The van der Waals surface area contributed by atoms with Gasteiger partial charge in [-0.1, -0.05) is 18.2 Å². The van der Waals surface area contributed by atoms with Crippen molar-refractivity contribution in [3.8, 4) is 0 Å². The van der Waals surface area contributed by atoms with Gasteiger partial charge in [-0.2, -0.15) is 0 Å². The molecular weight excluding hydrogens is 230 g/mol. The van der Waals surface area contributed by atoms with Gasteiger partial charge in [0.05, 0.1) is 0 Å². The summed E-state index contributed by atoms with van der Waals surface area (Å²) in [6.07, 6.45) is 3.61. The van der Waals surface area contributed by atoms with E-state index >= 15 is 0 Å². The predicted octanol–water partition coefficient (Wildman–Crippen LogP) is 3.24. The molecule has 0 atom stereocenters. The number of aldehydes is 1.